The van der Waals surface area contributed by atoms with Gasteiger partial charge in [0.05, 0.1) is 0 Å². The lowest BCUT2D eigenvalue weighted by molar-refractivity contribution is -0.133. The van der Waals surface area contributed by atoms with Gasteiger partial charge in [-0.25, -0.2) is 4.79 Å². The lowest BCUT2D eigenvalue weighted by atomic mass is 9.89. The van der Waals surface area contributed by atoms with Crippen LogP contribution < -0.4 is 10.6 Å². The van der Waals surface area contributed by atoms with E-state index in [9.17, 15) is 14.4 Å². The minimum atomic E-state index is -1.18. The maximum absolute atomic E-state index is 13.3. The third kappa shape index (κ3) is 3.78. The molecular weight excluding hydrogens is 414 g/mol. The van der Waals surface area contributed by atoms with Crippen molar-refractivity contribution in [2.75, 3.05) is 11.9 Å². The van der Waals surface area contributed by atoms with E-state index in [-0.39, 0.29) is 6.54 Å². The Balaban J connectivity index is 1.34. The summed E-state index contributed by atoms with van der Waals surface area (Å²) < 4.78 is 0. The zero-order valence-electron chi connectivity index (χ0n) is 18.4. The summed E-state index contributed by atoms with van der Waals surface area (Å²) in [5, 5.41) is 5.67. The van der Waals surface area contributed by atoms with Gasteiger partial charge >= 0.3 is 6.03 Å². The molecule has 0 radical (unpaired) electrons. The molecule has 1 aliphatic carbocycles. The highest BCUT2D eigenvalue weighted by atomic mass is 16.2. The first-order valence-corrected chi connectivity index (χ1v) is 11.2. The number of nitrogens with one attached hydrogen (secondary N) is 2. The Morgan fingerprint density at radius 3 is 2.52 bits per heavy atom. The average Bonchev–Trinajstić information content (AvgIpc) is 3.38. The van der Waals surface area contributed by atoms with Crippen molar-refractivity contribution in [3.8, 4) is 11.1 Å². The molecule has 2 aliphatic rings. The van der Waals surface area contributed by atoms with E-state index in [2.05, 4.69) is 10.6 Å². The third-order valence-electron chi connectivity index (χ3n) is 6.54. The lowest BCUT2D eigenvalue weighted by Gasteiger charge is -2.23. The summed E-state index contributed by atoms with van der Waals surface area (Å²) in [6, 6.07) is 22.6. The van der Waals surface area contributed by atoms with Gasteiger partial charge in [0.2, 0.25) is 5.91 Å². The number of para-hydroxylation sites is 1. The fraction of sp³-hybridized carbons (Fsp3) is 0.222. The van der Waals surface area contributed by atoms with Crippen LogP contribution in [0.3, 0.4) is 0 Å². The normalized spacial score (nSPS) is 19.4. The van der Waals surface area contributed by atoms with Crippen LogP contribution in [0.1, 0.15) is 30.0 Å². The quantitative estimate of drug-likeness (QED) is 0.584. The molecule has 1 saturated heterocycles. The predicted octanol–water partition coefficient (Wildman–Crippen LogP) is 4.25. The van der Waals surface area contributed by atoms with Crippen molar-refractivity contribution in [3.05, 3.63) is 89.5 Å². The number of benzene rings is 3. The Kier molecular flexibility index (Phi) is 5.21. The number of hydrogen-bond acceptors (Lipinski definition) is 3. The molecule has 6 heteroatoms. The van der Waals surface area contributed by atoms with E-state index in [1.807, 2.05) is 66.7 Å². The van der Waals surface area contributed by atoms with Gasteiger partial charge < -0.3 is 10.6 Å². The molecule has 166 valence electrons. The van der Waals surface area contributed by atoms with E-state index < -0.39 is 23.4 Å². The van der Waals surface area contributed by atoms with Gasteiger partial charge in [-0.3, -0.25) is 14.5 Å². The van der Waals surface area contributed by atoms with Crippen molar-refractivity contribution in [2.45, 2.75) is 31.7 Å². The van der Waals surface area contributed by atoms with Crippen molar-refractivity contribution in [1.82, 2.24) is 10.2 Å². The summed E-state index contributed by atoms with van der Waals surface area (Å²) in [6.07, 6.45) is 3.13. The van der Waals surface area contributed by atoms with Gasteiger partial charge in [0.1, 0.15) is 12.1 Å². The molecule has 0 bridgehead atoms. The molecule has 0 aromatic heterocycles. The Bertz CT molecular complexity index is 1250. The van der Waals surface area contributed by atoms with E-state index >= 15 is 0 Å². The fourth-order valence-corrected chi connectivity index (χ4v) is 4.71. The number of fused-ring (bicyclic) bond motifs is 1. The highest BCUT2D eigenvalue weighted by Gasteiger charge is 2.49. The van der Waals surface area contributed by atoms with Crippen LogP contribution in [0.2, 0.25) is 0 Å². The highest BCUT2D eigenvalue weighted by molar-refractivity contribution is 6.10. The Morgan fingerprint density at radius 1 is 0.970 bits per heavy atom. The van der Waals surface area contributed by atoms with Crippen LogP contribution in [-0.4, -0.2) is 29.3 Å². The summed E-state index contributed by atoms with van der Waals surface area (Å²) >= 11 is 0. The lowest BCUT2D eigenvalue weighted by Crippen LogP contribution is -2.42. The van der Waals surface area contributed by atoms with Crippen LogP contribution in [0.5, 0.6) is 0 Å². The minimum absolute atomic E-state index is 0.353. The first kappa shape index (κ1) is 20.9. The fourth-order valence-electron chi connectivity index (χ4n) is 4.71. The molecule has 1 aliphatic heterocycles. The predicted molar refractivity (Wildman–Crippen MR) is 127 cm³/mol. The summed E-state index contributed by atoms with van der Waals surface area (Å²) in [6.45, 7) is 1.35. The second-order valence-corrected chi connectivity index (χ2v) is 8.74. The molecule has 4 amide bonds. The third-order valence-corrected chi connectivity index (χ3v) is 6.54. The second-order valence-electron chi connectivity index (χ2n) is 8.74. The number of imide groups is 1. The van der Waals surface area contributed by atoms with Gasteiger partial charge in [-0.2, -0.15) is 0 Å². The molecular formula is C27H25N3O3. The number of urea groups is 1. The van der Waals surface area contributed by atoms with Crippen molar-refractivity contribution < 1.29 is 14.4 Å². The van der Waals surface area contributed by atoms with E-state index in [4.69, 9.17) is 0 Å². The zero-order valence-corrected chi connectivity index (χ0v) is 18.4. The number of anilines is 1. The standard InChI is InChI=1S/C27H25N3O3/c1-27(21-15-14-18-10-7-11-20(18)16-21)25(32)30(26(33)29-27)17-24(31)28-23-13-6-5-12-22(23)19-8-3-2-4-9-19/h2-6,8-9,12-16H,7,10-11,17H2,1H3,(H,28,31)(H,29,33). The van der Waals surface area contributed by atoms with Gasteiger partial charge in [-0.05, 0) is 54.5 Å². The average molecular weight is 440 g/mol. The van der Waals surface area contributed by atoms with Crippen LogP contribution in [0.4, 0.5) is 10.5 Å². The SMILES string of the molecule is CC1(c2ccc3c(c2)CCC3)NC(=O)N(CC(=O)Nc2ccccc2-c2ccccc2)C1=O. The number of carbonyl (C=O) groups excluding carboxylic acids is 3. The minimum Gasteiger partial charge on any atom is -0.324 e. The molecule has 33 heavy (non-hydrogen) atoms. The topological polar surface area (TPSA) is 78.5 Å². The van der Waals surface area contributed by atoms with Gasteiger partial charge in [0.25, 0.3) is 5.91 Å². The number of nitrogens with zero attached hydrogens (tertiary/aromatic N) is 1. The molecule has 1 fully saturated rings. The molecule has 1 unspecified atom stereocenters. The van der Waals surface area contributed by atoms with Crippen LogP contribution >= 0.6 is 0 Å². The Morgan fingerprint density at radius 2 is 1.70 bits per heavy atom. The first-order chi connectivity index (χ1) is 16.0. The van der Waals surface area contributed by atoms with Crippen molar-refractivity contribution in [2.24, 2.45) is 0 Å². The Labute approximate surface area is 192 Å². The molecule has 6 nitrogen and oxygen atoms in total. The van der Waals surface area contributed by atoms with E-state index in [1.165, 1.54) is 11.1 Å². The van der Waals surface area contributed by atoms with Gasteiger partial charge in [-0.15, -0.1) is 0 Å². The number of hydrogen-bond donors (Lipinski definition) is 2. The maximum Gasteiger partial charge on any atom is 0.325 e. The molecule has 3 aromatic rings. The molecule has 3 aromatic carbocycles. The molecule has 5 rings (SSSR count). The summed E-state index contributed by atoms with van der Waals surface area (Å²) in [7, 11) is 0. The second kappa shape index (κ2) is 8.20. The molecule has 0 spiro atoms. The number of rotatable bonds is 5. The molecule has 2 N–H and O–H groups in total. The smallest absolute Gasteiger partial charge is 0.324 e. The van der Waals surface area contributed by atoms with Crippen molar-refractivity contribution >= 4 is 23.5 Å². The van der Waals surface area contributed by atoms with E-state index in [1.54, 1.807) is 13.0 Å². The summed E-state index contributed by atoms with van der Waals surface area (Å²) in [5.41, 5.74) is 4.55. The maximum atomic E-state index is 13.3. The van der Waals surface area contributed by atoms with Crippen LogP contribution in [0, 0.1) is 0 Å². The van der Waals surface area contributed by atoms with Gasteiger partial charge in [0, 0.05) is 11.3 Å². The largest absolute Gasteiger partial charge is 0.325 e. The van der Waals surface area contributed by atoms with Crippen molar-refractivity contribution in [1.29, 1.82) is 0 Å². The van der Waals surface area contributed by atoms with Crippen molar-refractivity contribution in [3.63, 3.8) is 0 Å². The molecule has 1 atom stereocenters. The molecule has 0 saturated carbocycles. The zero-order chi connectivity index (χ0) is 23.0. The number of carbonyl (C=O) groups is 3. The number of aryl methyl sites for hydroxylation is 2. The van der Waals surface area contributed by atoms with Crippen LogP contribution in [0.15, 0.2) is 72.8 Å². The van der Waals surface area contributed by atoms with Gasteiger partial charge in [-0.1, -0.05) is 66.7 Å². The Hall–Kier alpha value is -3.93. The van der Waals surface area contributed by atoms with Gasteiger partial charge in [0.15, 0.2) is 0 Å². The highest BCUT2D eigenvalue weighted by Crippen LogP contribution is 2.33. The van der Waals surface area contributed by atoms with Crippen LogP contribution in [-0.2, 0) is 28.0 Å². The number of amides is 4. The van der Waals surface area contributed by atoms with Crippen LogP contribution in [0.25, 0.3) is 11.1 Å². The first-order valence-electron chi connectivity index (χ1n) is 11.2. The summed E-state index contributed by atoms with van der Waals surface area (Å²) in [4.78, 5) is 39.8. The van der Waals surface area contributed by atoms with E-state index in [0.29, 0.717) is 5.69 Å². The molecule has 1 heterocycles. The summed E-state index contributed by atoms with van der Waals surface area (Å²) in [5.74, 6) is -0.850. The van der Waals surface area contributed by atoms with E-state index in [0.717, 1.165) is 40.9 Å². The monoisotopic (exact) mass is 439 g/mol.